The van der Waals surface area contributed by atoms with Gasteiger partial charge in [-0.1, -0.05) is 0 Å². The van der Waals surface area contributed by atoms with Gasteiger partial charge in [0.25, 0.3) is 0 Å². The van der Waals surface area contributed by atoms with Crippen LogP contribution in [0.4, 0.5) is 0 Å². The molecule has 0 unspecified atom stereocenters. The first-order valence-corrected chi connectivity index (χ1v) is 7.18. The zero-order chi connectivity index (χ0) is 15.5. The Kier molecular flexibility index (Phi) is 8.60. The first kappa shape index (κ1) is 17.6. The first-order chi connectivity index (χ1) is 10.1. The van der Waals surface area contributed by atoms with E-state index in [1.165, 1.54) is 6.07 Å². The monoisotopic (exact) mass is 317 g/mol. The van der Waals surface area contributed by atoms with Crippen LogP contribution in [0, 0.1) is 0 Å². The molecule has 1 aromatic heterocycles. The summed E-state index contributed by atoms with van der Waals surface area (Å²) in [5.41, 5.74) is 0. The number of methoxy groups -OCH3 is 1. The molecule has 0 radical (unpaired) electrons. The lowest BCUT2D eigenvalue weighted by atomic mass is 10.4. The van der Waals surface area contributed by atoms with Crippen molar-refractivity contribution in [3.63, 3.8) is 0 Å². The number of carbonyl (C=O) groups excluding carboxylic acids is 1. The fourth-order valence-corrected chi connectivity index (χ4v) is 2.14. The maximum absolute atomic E-state index is 11.5. The number of carbonyl (C=O) groups is 2. The van der Waals surface area contributed by atoms with Crippen LogP contribution in [0.3, 0.4) is 0 Å². The SMILES string of the molecule is COCCOCCOCC(=O)NCc1ccc(C(=O)O)s1. The lowest BCUT2D eigenvalue weighted by Crippen LogP contribution is -2.27. The van der Waals surface area contributed by atoms with Crippen molar-refractivity contribution < 1.29 is 28.9 Å². The highest BCUT2D eigenvalue weighted by Crippen LogP contribution is 2.15. The van der Waals surface area contributed by atoms with E-state index in [-0.39, 0.29) is 17.4 Å². The number of rotatable bonds is 11. The molecule has 0 saturated carbocycles. The molecule has 0 atom stereocenters. The molecule has 1 rings (SSSR count). The largest absolute Gasteiger partial charge is 0.477 e. The fraction of sp³-hybridized carbons (Fsp3) is 0.538. The van der Waals surface area contributed by atoms with Crippen LogP contribution in [0.15, 0.2) is 12.1 Å². The summed E-state index contributed by atoms with van der Waals surface area (Å²) < 4.78 is 15.1. The second-order valence-corrected chi connectivity index (χ2v) is 5.17. The van der Waals surface area contributed by atoms with E-state index in [9.17, 15) is 9.59 Å². The van der Waals surface area contributed by atoms with Crippen molar-refractivity contribution in [3.05, 3.63) is 21.9 Å². The van der Waals surface area contributed by atoms with E-state index >= 15 is 0 Å². The lowest BCUT2D eigenvalue weighted by molar-refractivity contribution is -0.126. The predicted octanol–water partition coefficient (Wildman–Crippen LogP) is 0.742. The number of ether oxygens (including phenoxy) is 3. The summed E-state index contributed by atoms with van der Waals surface area (Å²) >= 11 is 1.14. The molecule has 8 heteroatoms. The molecule has 1 amide bonds. The Bertz CT molecular complexity index is 448. The van der Waals surface area contributed by atoms with Crippen LogP contribution in [-0.2, 0) is 25.5 Å². The van der Waals surface area contributed by atoms with Gasteiger partial charge in [-0.3, -0.25) is 4.79 Å². The average molecular weight is 317 g/mol. The molecular formula is C13H19NO6S. The summed E-state index contributed by atoms with van der Waals surface area (Å²) in [4.78, 5) is 23.2. The molecule has 2 N–H and O–H groups in total. The van der Waals surface area contributed by atoms with Gasteiger partial charge < -0.3 is 24.6 Å². The van der Waals surface area contributed by atoms with Crippen LogP contribution in [0.25, 0.3) is 0 Å². The van der Waals surface area contributed by atoms with Gasteiger partial charge in [0.1, 0.15) is 11.5 Å². The summed E-state index contributed by atoms with van der Waals surface area (Å²) in [5.74, 6) is -1.22. The molecule has 0 spiro atoms. The van der Waals surface area contributed by atoms with Crippen LogP contribution < -0.4 is 5.32 Å². The molecule has 7 nitrogen and oxygen atoms in total. The molecular weight excluding hydrogens is 298 g/mol. The number of carboxylic acid groups (broad SMARTS) is 1. The average Bonchev–Trinajstić information content (AvgIpc) is 2.93. The number of carboxylic acids is 1. The second-order valence-electron chi connectivity index (χ2n) is 4.01. The van der Waals surface area contributed by atoms with Gasteiger partial charge in [0, 0.05) is 12.0 Å². The van der Waals surface area contributed by atoms with Gasteiger partial charge in [0.05, 0.1) is 33.0 Å². The van der Waals surface area contributed by atoms with E-state index in [0.29, 0.717) is 33.0 Å². The Balaban J connectivity index is 2.06. The topological polar surface area (TPSA) is 94.1 Å². The summed E-state index contributed by atoms with van der Waals surface area (Å²) in [7, 11) is 1.59. The molecule has 0 bridgehead atoms. The zero-order valence-electron chi connectivity index (χ0n) is 11.8. The third kappa shape index (κ3) is 7.76. The highest BCUT2D eigenvalue weighted by Gasteiger charge is 2.08. The van der Waals surface area contributed by atoms with E-state index in [2.05, 4.69) is 5.32 Å². The number of amides is 1. The van der Waals surface area contributed by atoms with Crippen LogP contribution in [-0.4, -0.2) is 57.1 Å². The molecule has 1 heterocycles. The number of hydrogen-bond acceptors (Lipinski definition) is 6. The molecule has 0 aromatic carbocycles. The van der Waals surface area contributed by atoms with E-state index in [1.54, 1.807) is 13.2 Å². The van der Waals surface area contributed by atoms with Gasteiger partial charge in [0.2, 0.25) is 5.91 Å². The maximum Gasteiger partial charge on any atom is 0.345 e. The zero-order valence-corrected chi connectivity index (χ0v) is 12.6. The molecule has 0 aliphatic carbocycles. The van der Waals surface area contributed by atoms with Gasteiger partial charge >= 0.3 is 5.97 Å². The van der Waals surface area contributed by atoms with E-state index < -0.39 is 5.97 Å². The van der Waals surface area contributed by atoms with E-state index in [4.69, 9.17) is 19.3 Å². The minimum absolute atomic E-state index is 0.0508. The van der Waals surface area contributed by atoms with Crippen molar-refractivity contribution >= 4 is 23.2 Å². The lowest BCUT2D eigenvalue weighted by Gasteiger charge is -2.06. The minimum Gasteiger partial charge on any atom is -0.477 e. The molecule has 0 fully saturated rings. The van der Waals surface area contributed by atoms with Gasteiger partial charge in [-0.25, -0.2) is 4.79 Å². The predicted molar refractivity (Wildman–Crippen MR) is 76.6 cm³/mol. The third-order valence-corrected chi connectivity index (χ3v) is 3.44. The number of nitrogens with one attached hydrogen (secondary N) is 1. The van der Waals surface area contributed by atoms with Crippen LogP contribution in [0.1, 0.15) is 14.5 Å². The molecule has 21 heavy (non-hydrogen) atoms. The summed E-state index contributed by atoms with van der Waals surface area (Å²) in [6, 6.07) is 3.20. The highest BCUT2D eigenvalue weighted by molar-refractivity contribution is 7.13. The van der Waals surface area contributed by atoms with E-state index in [0.717, 1.165) is 16.2 Å². The maximum atomic E-state index is 11.5. The van der Waals surface area contributed by atoms with Crippen LogP contribution in [0.2, 0.25) is 0 Å². The Labute approximate surface area is 126 Å². The standard InChI is InChI=1S/C13H19NO6S/c1-18-4-5-19-6-7-20-9-12(15)14-8-10-2-3-11(21-10)13(16)17/h2-3H,4-9H2,1H3,(H,14,15)(H,16,17). The van der Waals surface area contributed by atoms with Crippen molar-refractivity contribution in [2.24, 2.45) is 0 Å². The van der Waals surface area contributed by atoms with Gasteiger partial charge in [-0.05, 0) is 12.1 Å². The normalized spacial score (nSPS) is 10.5. The van der Waals surface area contributed by atoms with Crippen LogP contribution >= 0.6 is 11.3 Å². The van der Waals surface area contributed by atoms with Gasteiger partial charge in [-0.15, -0.1) is 11.3 Å². The Morgan fingerprint density at radius 1 is 1.19 bits per heavy atom. The Hall–Kier alpha value is -1.48. The van der Waals surface area contributed by atoms with Crippen LogP contribution in [0.5, 0.6) is 0 Å². The number of thiophene rings is 1. The molecule has 118 valence electrons. The highest BCUT2D eigenvalue weighted by atomic mass is 32.1. The molecule has 0 saturated heterocycles. The molecule has 0 aliphatic heterocycles. The third-order valence-electron chi connectivity index (χ3n) is 2.37. The summed E-state index contributed by atoms with van der Waals surface area (Å²) in [6.07, 6.45) is 0. The van der Waals surface area contributed by atoms with Crippen molar-refractivity contribution in [2.45, 2.75) is 6.54 Å². The summed E-state index contributed by atoms with van der Waals surface area (Å²) in [5, 5.41) is 11.4. The van der Waals surface area contributed by atoms with Crippen molar-refractivity contribution in [3.8, 4) is 0 Å². The Morgan fingerprint density at radius 2 is 1.90 bits per heavy atom. The fourth-order valence-electron chi connectivity index (χ4n) is 1.35. The smallest absolute Gasteiger partial charge is 0.345 e. The number of hydrogen-bond donors (Lipinski definition) is 2. The summed E-state index contributed by atoms with van der Waals surface area (Å²) in [6.45, 7) is 2.01. The molecule has 0 aliphatic rings. The van der Waals surface area contributed by atoms with Gasteiger partial charge in [0.15, 0.2) is 0 Å². The second kappa shape index (κ2) is 10.3. The van der Waals surface area contributed by atoms with E-state index in [1.807, 2.05) is 0 Å². The Morgan fingerprint density at radius 3 is 2.57 bits per heavy atom. The number of aromatic carboxylic acids is 1. The molecule has 1 aromatic rings. The minimum atomic E-state index is -0.964. The van der Waals surface area contributed by atoms with Crippen molar-refractivity contribution in [1.82, 2.24) is 5.32 Å². The quantitative estimate of drug-likeness (QED) is 0.585. The van der Waals surface area contributed by atoms with Crippen molar-refractivity contribution in [2.75, 3.05) is 40.1 Å². The van der Waals surface area contributed by atoms with Crippen molar-refractivity contribution in [1.29, 1.82) is 0 Å². The first-order valence-electron chi connectivity index (χ1n) is 6.36. The van der Waals surface area contributed by atoms with Gasteiger partial charge in [-0.2, -0.15) is 0 Å².